The summed E-state index contributed by atoms with van der Waals surface area (Å²) in [4.78, 5) is 7.01. The smallest absolute Gasteiger partial charge is 0.127 e. The molecule has 2 saturated heterocycles. The van der Waals surface area contributed by atoms with Crippen LogP contribution in [-0.4, -0.2) is 35.4 Å². The van der Waals surface area contributed by atoms with Crippen molar-refractivity contribution in [1.82, 2.24) is 9.97 Å². The summed E-state index contributed by atoms with van der Waals surface area (Å²) < 4.78 is 17.9. The molecule has 2 aromatic heterocycles. The first kappa shape index (κ1) is 15.5. The Morgan fingerprint density at radius 1 is 0.741 bits per heavy atom. The van der Waals surface area contributed by atoms with E-state index in [1.165, 1.54) is 10.8 Å². The summed E-state index contributed by atoms with van der Waals surface area (Å²) >= 11 is 0. The minimum absolute atomic E-state index is 0.0868. The number of ether oxygens (including phenoxy) is 3. The van der Waals surface area contributed by atoms with E-state index in [1.807, 2.05) is 12.1 Å². The number of benzene rings is 2. The van der Waals surface area contributed by atoms with Crippen molar-refractivity contribution in [2.45, 2.75) is 24.4 Å². The molecule has 0 saturated carbocycles. The van der Waals surface area contributed by atoms with Crippen LogP contribution in [0.3, 0.4) is 0 Å². The van der Waals surface area contributed by atoms with Gasteiger partial charge in [-0.3, -0.25) is 0 Å². The van der Waals surface area contributed by atoms with Gasteiger partial charge in [-0.2, -0.15) is 0 Å². The van der Waals surface area contributed by atoms with Crippen LogP contribution in [0.25, 0.3) is 21.8 Å². The Morgan fingerprint density at radius 3 is 1.59 bits per heavy atom. The van der Waals surface area contributed by atoms with Crippen LogP contribution in [0, 0.1) is 0 Å². The first-order valence-corrected chi connectivity index (χ1v) is 9.39. The zero-order chi connectivity index (χ0) is 17.8. The molecule has 2 aliphatic heterocycles. The topological polar surface area (TPSA) is 65.9 Å². The molecule has 2 N–H and O–H groups in total. The quantitative estimate of drug-likeness (QED) is 0.505. The fraction of sp³-hybridized carbons (Fsp3) is 0.273. The molecule has 4 unspecified atom stereocenters. The van der Waals surface area contributed by atoms with Crippen molar-refractivity contribution in [1.29, 1.82) is 0 Å². The van der Waals surface area contributed by atoms with Crippen LogP contribution < -0.4 is 0 Å². The van der Waals surface area contributed by atoms with Gasteiger partial charge in [0.05, 0.1) is 13.2 Å². The molecule has 0 bridgehead atoms. The van der Waals surface area contributed by atoms with E-state index in [2.05, 4.69) is 58.5 Å². The van der Waals surface area contributed by atoms with Gasteiger partial charge >= 0.3 is 0 Å². The third kappa shape index (κ3) is 2.84. The zero-order valence-corrected chi connectivity index (χ0v) is 14.7. The Bertz CT molecular complexity index is 953. The van der Waals surface area contributed by atoms with Crippen molar-refractivity contribution in [2.24, 2.45) is 0 Å². The summed E-state index contributed by atoms with van der Waals surface area (Å²) in [5.41, 5.74) is 4.35. The number of H-pyrrole nitrogens is 2. The van der Waals surface area contributed by atoms with E-state index in [0.29, 0.717) is 0 Å². The van der Waals surface area contributed by atoms with Gasteiger partial charge in [0.15, 0.2) is 0 Å². The first-order chi connectivity index (χ1) is 13.3. The lowest BCUT2D eigenvalue weighted by Crippen LogP contribution is -2.19. The molecule has 4 heterocycles. The van der Waals surface area contributed by atoms with E-state index < -0.39 is 0 Å². The molecule has 0 spiro atoms. The number of epoxide rings is 2. The van der Waals surface area contributed by atoms with Crippen molar-refractivity contribution < 1.29 is 14.2 Å². The third-order valence-electron chi connectivity index (χ3n) is 5.40. The number of aromatic amines is 2. The summed E-state index contributed by atoms with van der Waals surface area (Å²) in [7, 11) is 0. The van der Waals surface area contributed by atoms with Gasteiger partial charge in [0.1, 0.15) is 24.4 Å². The highest BCUT2D eigenvalue weighted by Gasteiger charge is 2.43. The minimum atomic E-state index is -0.141. The van der Waals surface area contributed by atoms with Gasteiger partial charge in [0, 0.05) is 22.4 Å². The van der Waals surface area contributed by atoms with Crippen molar-refractivity contribution in [3.63, 3.8) is 0 Å². The number of aromatic nitrogens is 2. The highest BCUT2D eigenvalue weighted by molar-refractivity contribution is 5.81. The molecule has 0 aliphatic carbocycles. The van der Waals surface area contributed by atoms with Gasteiger partial charge < -0.3 is 24.2 Å². The fourth-order valence-corrected chi connectivity index (χ4v) is 3.84. The maximum atomic E-state index is 6.62. The van der Waals surface area contributed by atoms with E-state index in [0.717, 1.165) is 35.6 Å². The number of para-hydroxylation sites is 2. The number of nitrogens with one attached hydrogen (secondary N) is 2. The van der Waals surface area contributed by atoms with Crippen LogP contribution >= 0.6 is 0 Å². The third-order valence-corrected chi connectivity index (χ3v) is 5.40. The minimum Gasteiger partial charge on any atom is -0.370 e. The maximum Gasteiger partial charge on any atom is 0.127 e. The Kier molecular flexibility index (Phi) is 3.41. The molecule has 2 aromatic carbocycles. The summed E-state index contributed by atoms with van der Waals surface area (Å²) in [5, 5.41) is 2.37. The van der Waals surface area contributed by atoms with Crippen molar-refractivity contribution in [3.05, 3.63) is 72.1 Å². The highest BCUT2D eigenvalue weighted by Crippen LogP contribution is 2.41. The van der Waals surface area contributed by atoms with Crippen LogP contribution in [0.4, 0.5) is 0 Å². The van der Waals surface area contributed by atoms with E-state index in [-0.39, 0.29) is 24.4 Å². The second-order valence-corrected chi connectivity index (χ2v) is 7.34. The van der Waals surface area contributed by atoms with Gasteiger partial charge in [0.2, 0.25) is 0 Å². The van der Waals surface area contributed by atoms with Gasteiger partial charge in [0.25, 0.3) is 0 Å². The van der Waals surface area contributed by atoms with E-state index in [4.69, 9.17) is 14.2 Å². The summed E-state index contributed by atoms with van der Waals surface area (Å²) in [6, 6.07) is 20.9. The van der Waals surface area contributed by atoms with Crippen LogP contribution in [0.5, 0.6) is 0 Å². The summed E-state index contributed by atoms with van der Waals surface area (Å²) in [6.07, 6.45) is -0.108. The van der Waals surface area contributed by atoms with E-state index in [1.54, 1.807) is 0 Å². The Balaban J connectivity index is 1.36. The van der Waals surface area contributed by atoms with Crippen molar-refractivity contribution in [2.75, 3.05) is 13.2 Å². The molecule has 0 amide bonds. The second kappa shape index (κ2) is 5.96. The van der Waals surface area contributed by atoms with Gasteiger partial charge in [-0.15, -0.1) is 0 Å². The molecule has 136 valence electrons. The summed E-state index contributed by atoms with van der Waals surface area (Å²) in [5.74, 6) is 0. The SMILES string of the molecule is c1ccc2[nH]c(C(OC(c3cc4ccccc4[nH]3)C3CO3)C3CO3)cc2c1. The predicted octanol–water partition coefficient (Wildman–Crippen LogP) is 4.25. The van der Waals surface area contributed by atoms with E-state index >= 15 is 0 Å². The monoisotopic (exact) mass is 360 g/mol. The highest BCUT2D eigenvalue weighted by atomic mass is 16.6. The molecule has 6 rings (SSSR count). The molecular weight excluding hydrogens is 340 g/mol. The summed E-state index contributed by atoms with van der Waals surface area (Å²) in [6.45, 7) is 1.45. The standard InChI is InChI=1S/C22H20N2O3/c1-3-7-15-13(5-1)9-17(23-15)21(19-11-25-19)27-22(20-12-26-20)18-10-14-6-2-4-8-16(14)24-18/h1-10,19-24H,11-12H2. The fourth-order valence-electron chi connectivity index (χ4n) is 3.84. The number of fused-ring (bicyclic) bond motifs is 2. The van der Waals surface area contributed by atoms with E-state index in [9.17, 15) is 0 Å². The number of hydrogen-bond donors (Lipinski definition) is 2. The molecule has 5 nitrogen and oxygen atoms in total. The predicted molar refractivity (Wildman–Crippen MR) is 103 cm³/mol. The van der Waals surface area contributed by atoms with Gasteiger partial charge in [-0.05, 0) is 35.0 Å². The molecule has 27 heavy (non-hydrogen) atoms. The molecule has 2 fully saturated rings. The van der Waals surface area contributed by atoms with Crippen LogP contribution in [0.1, 0.15) is 23.6 Å². The first-order valence-electron chi connectivity index (χ1n) is 9.39. The molecule has 2 aliphatic rings. The zero-order valence-electron chi connectivity index (χ0n) is 14.7. The number of hydrogen-bond acceptors (Lipinski definition) is 3. The second-order valence-electron chi connectivity index (χ2n) is 7.34. The Morgan fingerprint density at radius 2 is 1.19 bits per heavy atom. The average Bonchev–Trinajstić information content (AvgIpc) is 3.61. The lowest BCUT2D eigenvalue weighted by Gasteiger charge is -2.21. The average molecular weight is 360 g/mol. The largest absolute Gasteiger partial charge is 0.370 e. The van der Waals surface area contributed by atoms with Crippen LogP contribution in [0.2, 0.25) is 0 Å². The molecule has 4 aromatic rings. The molecular formula is C22H20N2O3. The van der Waals surface area contributed by atoms with Crippen LogP contribution in [-0.2, 0) is 14.2 Å². The number of rotatable bonds is 6. The van der Waals surface area contributed by atoms with Gasteiger partial charge in [-0.1, -0.05) is 36.4 Å². The Labute approximate surface area is 156 Å². The van der Waals surface area contributed by atoms with Crippen molar-refractivity contribution in [3.8, 4) is 0 Å². The van der Waals surface area contributed by atoms with Crippen LogP contribution in [0.15, 0.2) is 60.7 Å². The Hall–Kier alpha value is -2.60. The molecule has 0 radical (unpaired) electrons. The normalized spacial score (nSPS) is 23.6. The van der Waals surface area contributed by atoms with Gasteiger partial charge in [-0.25, -0.2) is 0 Å². The lowest BCUT2D eigenvalue weighted by molar-refractivity contribution is -0.0452. The molecule has 5 heteroatoms. The maximum absolute atomic E-state index is 6.62. The van der Waals surface area contributed by atoms with Crippen molar-refractivity contribution >= 4 is 21.8 Å². The lowest BCUT2D eigenvalue weighted by atomic mass is 10.1. The molecule has 4 atom stereocenters.